The predicted molar refractivity (Wildman–Crippen MR) is 178 cm³/mol. The first-order chi connectivity index (χ1) is 21.5. The van der Waals surface area contributed by atoms with E-state index in [1.54, 1.807) is 42.5 Å². The van der Waals surface area contributed by atoms with Crippen molar-refractivity contribution in [2.75, 3.05) is 18.0 Å². The minimum absolute atomic E-state index is 0.00154. The number of sulfonamides is 1. The lowest BCUT2D eigenvalue weighted by Gasteiger charge is -2.34. The van der Waals surface area contributed by atoms with Gasteiger partial charge in [-0.15, -0.1) is 0 Å². The number of carbonyl (C=O) groups excluding carboxylic acids is 2. The third kappa shape index (κ3) is 8.57. The fraction of sp³-hybridized carbons (Fsp3) is 0.235. The van der Waals surface area contributed by atoms with Crippen molar-refractivity contribution in [3.8, 4) is 5.75 Å². The third-order valence-corrected chi connectivity index (χ3v) is 9.58. The van der Waals surface area contributed by atoms with E-state index in [1.807, 2.05) is 50.2 Å². The highest BCUT2D eigenvalue weighted by molar-refractivity contribution is 7.92. The number of rotatable bonds is 13. The molecule has 4 aromatic carbocycles. The monoisotopic (exact) mass is 667 g/mol. The molecule has 0 spiro atoms. The lowest BCUT2D eigenvalue weighted by atomic mass is 10.0. The summed E-state index contributed by atoms with van der Waals surface area (Å²) in [5, 5.41) is 3.04. The van der Waals surface area contributed by atoms with E-state index >= 15 is 0 Å². The second-order valence-electron chi connectivity index (χ2n) is 10.6. The first kappa shape index (κ1) is 33.8. The summed E-state index contributed by atoms with van der Waals surface area (Å²) in [6.45, 7) is 3.02. The quantitative estimate of drug-likeness (QED) is 0.179. The summed E-state index contributed by atoms with van der Waals surface area (Å²) in [5.74, 6) is -0.415. The summed E-state index contributed by atoms with van der Waals surface area (Å²) in [7, 11) is -2.77. The Bertz CT molecular complexity index is 1720. The fourth-order valence-electron chi connectivity index (χ4n) is 4.82. The number of benzene rings is 4. The Balaban J connectivity index is 1.84. The van der Waals surface area contributed by atoms with Crippen LogP contribution in [0.3, 0.4) is 0 Å². The molecule has 1 atom stereocenters. The van der Waals surface area contributed by atoms with Gasteiger partial charge in [-0.25, -0.2) is 8.42 Å². The molecule has 0 aliphatic heterocycles. The topological polar surface area (TPSA) is 96.0 Å². The normalized spacial score (nSPS) is 12.0. The summed E-state index contributed by atoms with van der Waals surface area (Å²) < 4.78 is 34.5. The largest absolute Gasteiger partial charge is 0.497 e. The zero-order valence-corrected chi connectivity index (χ0v) is 27.5. The Morgan fingerprint density at radius 1 is 0.844 bits per heavy atom. The van der Waals surface area contributed by atoms with Gasteiger partial charge in [0.2, 0.25) is 11.8 Å². The predicted octanol–water partition coefficient (Wildman–Crippen LogP) is 6.36. The van der Waals surface area contributed by atoms with Crippen molar-refractivity contribution in [1.29, 1.82) is 0 Å². The van der Waals surface area contributed by atoms with Gasteiger partial charge in [0.1, 0.15) is 18.3 Å². The fourth-order valence-corrected chi connectivity index (χ4v) is 6.71. The van der Waals surface area contributed by atoms with Gasteiger partial charge in [-0.3, -0.25) is 13.9 Å². The van der Waals surface area contributed by atoms with E-state index in [0.717, 1.165) is 9.87 Å². The van der Waals surface area contributed by atoms with E-state index < -0.39 is 28.5 Å². The maximum atomic E-state index is 14.5. The minimum Gasteiger partial charge on any atom is -0.497 e. The summed E-state index contributed by atoms with van der Waals surface area (Å²) >= 11 is 12.9. The number of methoxy groups -OCH3 is 1. The van der Waals surface area contributed by atoms with E-state index in [-0.39, 0.29) is 45.5 Å². The van der Waals surface area contributed by atoms with Crippen molar-refractivity contribution in [2.24, 2.45) is 0 Å². The molecule has 2 amide bonds. The summed E-state index contributed by atoms with van der Waals surface area (Å²) in [5.41, 5.74) is 1.56. The van der Waals surface area contributed by atoms with Crippen molar-refractivity contribution in [3.05, 3.63) is 124 Å². The Morgan fingerprint density at radius 3 is 2.11 bits per heavy atom. The standard InChI is InChI=1S/C34H35Cl2N3O5S/c1-24(2)37-34(41)31(21-25-12-6-4-7-13-25)38(22-26-14-10-15-27(20-26)44-3)32(40)23-39(30-19-11-18-29(35)33(30)36)45(42,43)28-16-8-5-9-17-28/h4-20,24,31H,21-23H2,1-3H3,(H,37,41). The van der Waals surface area contributed by atoms with Crippen molar-refractivity contribution in [1.82, 2.24) is 10.2 Å². The van der Waals surface area contributed by atoms with Crippen LogP contribution in [0.15, 0.2) is 108 Å². The second kappa shape index (κ2) is 15.3. The van der Waals surface area contributed by atoms with Crippen LogP contribution >= 0.6 is 23.2 Å². The van der Waals surface area contributed by atoms with E-state index in [9.17, 15) is 18.0 Å². The van der Waals surface area contributed by atoms with Crippen LogP contribution < -0.4 is 14.4 Å². The van der Waals surface area contributed by atoms with Gasteiger partial charge in [0.05, 0.1) is 27.7 Å². The summed E-state index contributed by atoms with van der Waals surface area (Å²) in [6, 6.07) is 27.6. The van der Waals surface area contributed by atoms with Gasteiger partial charge < -0.3 is 15.0 Å². The Morgan fingerprint density at radius 2 is 1.47 bits per heavy atom. The van der Waals surface area contributed by atoms with Crippen LogP contribution in [0.25, 0.3) is 0 Å². The van der Waals surface area contributed by atoms with E-state index in [2.05, 4.69) is 5.32 Å². The highest BCUT2D eigenvalue weighted by Crippen LogP contribution is 2.35. The van der Waals surface area contributed by atoms with Crippen LogP contribution in [-0.4, -0.2) is 50.9 Å². The molecule has 11 heteroatoms. The lowest BCUT2D eigenvalue weighted by molar-refractivity contribution is -0.140. The number of nitrogens with zero attached hydrogens (tertiary/aromatic N) is 2. The van der Waals surface area contributed by atoms with Gasteiger partial charge in [-0.05, 0) is 61.4 Å². The molecule has 1 unspecified atom stereocenters. The van der Waals surface area contributed by atoms with E-state index in [0.29, 0.717) is 11.3 Å². The average molecular weight is 669 g/mol. The molecule has 0 fully saturated rings. The first-order valence-corrected chi connectivity index (χ1v) is 16.5. The molecule has 8 nitrogen and oxygen atoms in total. The highest BCUT2D eigenvalue weighted by atomic mass is 35.5. The molecule has 0 aromatic heterocycles. The number of ether oxygens (including phenoxy) is 1. The Labute approximate surface area is 274 Å². The molecule has 0 bridgehead atoms. The van der Waals surface area contributed by atoms with Gasteiger partial charge >= 0.3 is 0 Å². The van der Waals surface area contributed by atoms with Gasteiger partial charge in [-0.2, -0.15) is 0 Å². The number of hydrogen-bond acceptors (Lipinski definition) is 5. The van der Waals surface area contributed by atoms with Crippen molar-refractivity contribution in [2.45, 2.75) is 43.8 Å². The number of carbonyl (C=O) groups is 2. The molecular formula is C34H35Cl2N3O5S. The SMILES string of the molecule is COc1cccc(CN(C(=O)CN(c2cccc(Cl)c2Cl)S(=O)(=O)c2ccccc2)C(Cc2ccccc2)C(=O)NC(C)C)c1. The van der Waals surface area contributed by atoms with Gasteiger partial charge in [0, 0.05) is 19.0 Å². The molecular weight excluding hydrogens is 633 g/mol. The van der Waals surface area contributed by atoms with Crippen LogP contribution in [-0.2, 0) is 32.6 Å². The molecule has 4 aromatic rings. The molecule has 0 aliphatic rings. The van der Waals surface area contributed by atoms with Crippen molar-refractivity contribution in [3.63, 3.8) is 0 Å². The molecule has 4 rings (SSSR count). The van der Waals surface area contributed by atoms with E-state index in [4.69, 9.17) is 27.9 Å². The van der Waals surface area contributed by atoms with Gasteiger partial charge in [0.25, 0.3) is 10.0 Å². The molecule has 0 heterocycles. The van der Waals surface area contributed by atoms with Gasteiger partial charge in [-0.1, -0.05) is 89.9 Å². The number of nitrogens with one attached hydrogen (secondary N) is 1. The summed E-state index contributed by atoms with van der Waals surface area (Å²) in [6.07, 6.45) is 0.193. The number of halogens is 2. The minimum atomic E-state index is -4.31. The van der Waals surface area contributed by atoms with Crippen LogP contribution in [0, 0.1) is 0 Å². The molecule has 0 radical (unpaired) electrons. The van der Waals surface area contributed by atoms with Crippen molar-refractivity contribution >= 4 is 50.7 Å². The van der Waals surface area contributed by atoms with Crippen molar-refractivity contribution < 1.29 is 22.7 Å². The van der Waals surface area contributed by atoms with Gasteiger partial charge in [0.15, 0.2) is 0 Å². The molecule has 0 saturated heterocycles. The second-order valence-corrected chi connectivity index (χ2v) is 13.3. The zero-order chi connectivity index (χ0) is 32.6. The maximum Gasteiger partial charge on any atom is 0.264 e. The molecule has 1 N–H and O–H groups in total. The number of amides is 2. The van der Waals surface area contributed by atoms with E-state index in [1.165, 1.54) is 36.3 Å². The van der Waals surface area contributed by atoms with Crippen LogP contribution in [0.4, 0.5) is 5.69 Å². The molecule has 236 valence electrons. The first-order valence-electron chi connectivity index (χ1n) is 14.3. The Hall–Kier alpha value is -4.05. The smallest absolute Gasteiger partial charge is 0.264 e. The van der Waals surface area contributed by atoms with Crippen LogP contribution in [0.2, 0.25) is 10.0 Å². The summed E-state index contributed by atoms with van der Waals surface area (Å²) in [4.78, 5) is 29.7. The van der Waals surface area contributed by atoms with Crippen LogP contribution in [0.5, 0.6) is 5.75 Å². The molecule has 45 heavy (non-hydrogen) atoms. The third-order valence-electron chi connectivity index (χ3n) is 7.00. The number of hydrogen-bond donors (Lipinski definition) is 1. The highest BCUT2D eigenvalue weighted by Gasteiger charge is 2.35. The zero-order valence-electron chi connectivity index (χ0n) is 25.2. The molecule has 0 saturated carbocycles. The lowest BCUT2D eigenvalue weighted by Crippen LogP contribution is -2.54. The maximum absolute atomic E-state index is 14.5. The average Bonchev–Trinajstić information content (AvgIpc) is 3.03. The number of anilines is 1. The molecule has 0 aliphatic carbocycles. The van der Waals surface area contributed by atoms with Crippen LogP contribution in [0.1, 0.15) is 25.0 Å². The Kier molecular flexibility index (Phi) is 11.5.